The van der Waals surface area contributed by atoms with Gasteiger partial charge in [-0.3, -0.25) is 9.69 Å². The van der Waals surface area contributed by atoms with Gasteiger partial charge in [0.25, 0.3) is 5.91 Å². The molecule has 0 aliphatic carbocycles. The first-order valence-electron chi connectivity index (χ1n) is 12.0. The van der Waals surface area contributed by atoms with Crippen LogP contribution >= 0.6 is 0 Å². The maximum absolute atomic E-state index is 12.8. The highest BCUT2D eigenvalue weighted by atomic mass is 16.5. The second kappa shape index (κ2) is 15.2. The largest absolute Gasteiger partial charge is 0.496 e. The number of aryl methyl sites for hydroxylation is 1. The van der Waals surface area contributed by atoms with Crippen LogP contribution in [0.4, 0.5) is 0 Å². The van der Waals surface area contributed by atoms with Crippen LogP contribution in [0.15, 0.2) is 18.2 Å². The van der Waals surface area contributed by atoms with Gasteiger partial charge in [-0.05, 0) is 64.5 Å². The van der Waals surface area contributed by atoms with Gasteiger partial charge in [-0.15, -0.1) is 0 Å². The van der Waals surface area contributed by atoms with Gasteiger partial charge >= 0.3 is 0 Å². The summed E-state index contributed by atoms with van der Waals surface area (Å²) in [7, 11) is 5.80. The van der Waals surface area contributed by atoms with E-state index < -0.39 is 0 Å². The Hall–Kier alpha value is -1.63. The summed E-state index contributed by atoms with van der Waals surface area (Å²) in [5.41, 5.74) is 1.79. The highest BCUT2D eigenvalue weighted by Crippen LogP contribution is 2.23. The predicted octanol–water partition coefficient (Wildman–Crippen LogP) is 3.50. The molecule has 31 heavy (non-hydrogen) atoms. The lowest BCUT2D eigenvalue weighted by molar-refractivity contribution is 0.0518. The molecule has 2 aliphatic rings. The van der Waals surface area contributed by atoms with Crippen molar-refractivity contribution in [2.24, 2.45) is 0 Å². The van der Waals surface area contributed by atoms with E-state index in [1.165, 1.54) is 6.42 Å². The summed E-state index contributed by atoms with van der Waals surface area (Å²) < 4.78 is 5.35. The summed E-state index contributed by atoms with van der Waals surface area (Å²) in [4.78, 5) is 19.7. The standard InChI is InChI=1S/C19H29N3O2.C4H11N.C2H6/c1-15-4-5-16(14-18(15)24-3)19(23)22-8-6-17(7-9-22)21-12-10-20(2)11-13-21;1-3-4-5-2;1-2/h4-5,14,17H,6-13H2,1-3H3;5H,3-4H2,1-2H3;1-2H3. The van der Waals surface area contributed by atoms with Crippen molar-refractivity contribution in [3.05, 3.63) is 29.3 Å². The van der Waals surface area contributed by atoms with Crippen LogP contribution in [0, 0.1) is 6.92 Å². The van der Waals surface area contributed by atoms with Crippen molar-refractivity contribution in [2.75, 3.05) is 67.0 Å². The number of hydrogen-bond acceptors (Lipinski definition) is 5. The number of likely N-dealkylation sites (tertiary alicyclic amines) is 1. The maximum Gasteiger partial charge on any atom is 0.253 e. The van der Waals surface area contributed by atoms with E-state index >= 15 is 0 Å². The van der Waals surface area contributed by atoms with E-state index in [1.54, 1.807) is 7.11 Å². The third kappa shape index (κ3) is 8.79. The Morgan fingerprint density at radius 2 is 1.71 bits per heavy atom. The zero-order valence-electron chi connectivity index (χ0n) is 21.0. The van der Waals surface area contributed by atoms with Crippen molar-refractivity contribution in [2.45, 2.75) is 53.0 Å². The quantitative estimate of drug-likeness (QED) is 0.769. The number of amides is 1. The van der Waals surface area contributed by atoms with Crippen molar-refractivity contribution in [1.29, 1.82) is 0 Å². The molecule has 2 heterocycles. The molecule has 0 radical (unpaired) electrons. The zero-order valence-corrected chi connectivity index (χ0v) is 21.0. The Morgan fingerprint density at radius 1 is 1.10 bits per heavy atom. The third-order valence-corrected chi connectivity index (χ3v) is 5.96. The number of carbonyl (C=O) groups excluding carboxylic acids is 1. The van der Waals surface area contributed by atoms with E-state index in [2.05, 4.69) is 29.1 Å². The SMILES string of the molecule is CC.CCCNC.COc1cc(C(=O)N2CCC(N3CCN(C)CC3)CC2)ccc1C. The van der Waals surface area contributed by atoms with Gasteiger partial charge in [0, 0.05) is 50.9 Å². The van der Waals surface area contributed by atoms with Crippen molar-refractivity contribution in [3.63, 3.8) is 0 Å². The number of rotatable bonds is 5. The van der Waals surface area contributed by atoms with Crippen molar-refractivity contribution < 1.29 is 9.53 Å². The van der Waals surface area contributed by atoms with E-state index in [0.29, 0.717) is 6.04 Å². The van der Waals surface area contributed by atoms with Crippen molar-refractivity contribution in [1.82, 2.24) is 20.0 Å². The Morgan fingerprint density at radius 3 is 2.19 bits per heavy atom. The lowest BCUT2D eigenvalue weighted by Crippen LogP contribution is -2.52. The van der Waals surface area contributed by atoms with Crippen molar-refractivity contribution >= 4 is 5.91 Å². The van der Waals surface area contributed by atoms with Gasteiger partial charge in [0.1, 0.15) is 5.75 Å². The van der Waals surface area contributed by atoms with Gasteiger partial charge < -0.3 is 19.9 Å². The van der Waals surface area contributed by atoms with Gasteiger partial charge in [-0.25, -0.2) is 0 Å². The summed E-state index contributed by atoms with van der Waals surface area (Å²) in [5, 5.41) is 3.02. The molecule has 0 saturated carbocycles. The lowest BCUT2D eigenvalue weighted by Gasteiger charge is -2.42. The summed E-state index contributed by atoms with van der Waals surface area (Å²) in [5.74, 6) is 0.915. The lowest BCUT2D eigenvalue weighted by atomic mass is 10.0. The molecule has 1 aromatic carbocycles. The zero-order chi connectivity index (χ0) is 23.2. The maximum atomic E-state index is 12.8. The summed E-state index contributed by atoms with van der Waals surface area (Å²) in [6, 6.07) is 6.37. The van der Waals surface area contributed by atoms with Crippen LogP contribution in [0.2, 0.25) is 0 Å². The summed E-state index contributed by atoms with van der Waals surface area (Å²) in [6.07, 6.45) is 3.40. The number of methoxy groups -OCH3 is 1. The smallest absolute Gasteiger partial charge is 0.253 e. The number of piperidine rings is 1. The number of nitrogens with zero attached hydrogens (tertiary/aromatic N) is 3. The van der Waals surface area contributed by atoms with Crippen LogP contribution in [0.3, 0.4) is 0 Å². The van der Waals surface area contributed by atoms with E-state index in [0.717, 1.165) is 75.5 Å². The van der Waals surface area contributed by atoms with Gasteiger partial charge in [0.15, 0.2) is 0 Å². The normalized spacial score (nSPS) is 17.8. The molecule has 1 amide bonds. The van der Waals surface area contributed by atoms with Crippen LogP contribution in [-0.2, 0) is 0 Å². The van der Waals surface area contributed by atoms with Crippen LogP contribution in [0.5, 0.6) is 5.75 Å². The first kappa shape index (κ1) is 27.4. The van der Waals surface area contributed by atoms with E-state index in [9.17, 15) is 4.79 Å². The number of ether oxygens (including phenoxy) is 1. The molecule has 2 aliphatic heterocycles. The number of likely N-dealkylation sites (N-methyl/N-ethyl adjacent to an activating group) is 1. The second-order valence-electron chi connectivity index (χ2n) is 8.15. The summed E-state index contributed by atoms with van der Waals surface area (Å²) in [6.45, 7) is 15.6. The Labute approximate surface area is 190 Å². The van der Waals surface area contributed by atoms with Crippen LogP contribution in [0.1, 0.15) is 56.0 Å². The average Bonchev–Trinajstić information content (AvgIpc) is 2.82. The minimum atomic E-state index is 0.130. The Bertz CT molecular complexity index is 620. The van der Waals surface area contributed by atoms with Gasteiger partial charge in [0.05, 0.1) is 7.11 Å². The first-order valence-corrected chi connectivity index (χ1v) is 12.0. The molecule has 0 atom stereocenters. The van der Waals surface area contributed by atoms with E-state index in [-0.39, 0.29) is 5.91 Å². The molecular weight excluding hydrogens is 388 g/mol. The topological polar surface area (TPSA) is 48.1 Å². The predicted molar refractivity (Wildman–Crippen MR) is 131 cm³/mol. The fraction of sp³-hybridized carbons (Fsp3) is 0.720. The number of hydrogen-bond donors (Lipinski definition) is 1. The van der Waals surface area contributed by atoms with Crippen LogP contribution in [-0.4, -0.2) is 93.7 Å². The van der Waals surface area contributed by atoms with E-state index in [1.807, 2.05) is 50.9 Å². The fourth-order valence-electron chi connectivity index (χ4n) is 4.01. The van der Waals surface area contributed by atoms with E-state index in [4.69, 9.17) is 4.74 Å². The van der Waals surface area contributed by atoms with Crippen LogP contribution < -0.4 is 10.1 Å². The van der Waals surface area contributed by atoms with Gasteiger partial charge in [-0.2, -0.15) is 0 Å². The highest BCUT2D eigenvalue weighted by Gasteiger charge is 2.28. The molecule has 3 rings (SSSR count). The molecule has 0 unspecified atom stereocenters. The number of carbonyl (C=O) groups is 1. The molecule has 1 aromatic rings. The van der Waals surface area contributed by atoms with Gasteiger partial charge in [0.2, 0.25) is 0 Å². The second-order valence-corrected chi connectivity index (χ2v) is 8.15. The molecule has 0 bridgehead atoms. The molecule has 6 nitrogen and oxygen atoms in total. The summed E-state index contributed by atoms with van der Waals surface area (Å²) >= 11 is 0. The highest BCUT2D eigenvalue weighted by molar-refractivity contribution is 5.94. The molecule has 0 spiro atoms. The molecule has 178 valence electrons. The van der Waals surface area contributed by atoms with Gasteiger partial charge in [-0.1, -0.05) is 26.8 Å². The molecule has 1 N–H and O–H groups in total. The van der Waals surface area contributed by atoms with Crippen molar-refractivity contribution in [3.8, 4) is 5.75 Å². The fourth-order valence-corrected chi connectivity index (χ4v) is 4.01. The molecule has 0 aromatic heterocycles. The molecular formula is C25H46N4O2. The number of benzene rings is 1. The third-order valence-electron chi connectivity index (χ3n) is 5.96. The van der Waals surface area contributed by atoms with Crippen LogP contribution in [0.25, 0.3) is 0 Å². The number of piperazine rings is 1. The number of nitrogens with one attached hydrogen (secondary N) is 1. The average molecular weight is 435 g/mol. The molecule has 2 saturated heterocycles. The minimum absolute atomic E-state index is 0.130. The minimum Gasteiger partial charge on any atom is -0.496 e. The molecule has 6 heteroatoms. The monoisotopic (exact) mass is 434 g/mol. The first-order chi connectivity index (χ1) is 15.0. The Balaban J connectivity index is 0.000000605. The molecule has 2 fully saturated rings. The Kier molecular flexibility index (Phi) is 13.5.